The molecule has 0 atom stereocenters. The molecule has 0 radical (unpaired) electrons. The van der Waals surface area contributed by atoms with E-state index in [-0.39, 0.29) is 0 Å². The van der Waals surface area contributed by atoms with Crippen LogP contribution in [0.3, 0.4) is 0 Å². The van der Waals surface area contributed by atoms with Crippen LogP contribution in [-0.4, -0.2) is 23.4 Å². The van der Waals surface area contributed by atoms with Crippen molar-refractivity contribution < 1.29 is 4.89 Å². The average molecular weight is 191 g/mol. The second-order valence-corrected chi connectivity index (χ2v) is 7.28. The lowest BCUT2D eigenvalue weighted by Crippen LogP contribution is -2.05. The molecule has 0 rings (SSSR count). The van der Waals surface area contributed by atoms with Crippen molar-refractivity contribution >= 4 is 7.49 Å². The van der Waals surface area contributed by atoms with Crippen LogP contribution in [0.4, 0.5) is 0 Å². The quantitative estimate of drug-likeness (QED) is 0.610. The minimum absolute atomic E-state index is 1.02. The highest BCUT2D eigenvalue weighted by Crippen LogP contribution is 2.55. The highest BCUT2D eigenvalue weighted by Gasteiger charge is 2.30. The molecular weight excluding hydrogens is 167 g/mol. The molecule has 0 heterocycles. The largest absolute Gasteiger partial charge is 0.252 e. The Hall–Kier alpha value is 0.390. The third-order valence-electron chi connectivity index (χ3n) is 2.44. The van der Waals surface area contributed by atoms with Gasteiger partial charge < -0.3 is 0 Å². The fourth-order valence-corrected chi connectivity index (χ4v) is 4.00. The Labute approximate surface area is 78.0 Å². The summed E-state index contributed by atoms with van der Waals surface area (Å²) in [6, 6.07) is 0. The molecule has 74 valence electrons. The van der Waals surface area contributed by atoms with E-state index in [1.165, 1.54) is 25.7 Å². The topological polar surface area (TPSA) is 20.2 Å². The van der Waals surface area contributed by atoms with Crippen molar-refractivity contribution in [1.82, 2.24) is 0 Å². The van der Waals surface area contributed by atoms with Crippen LogP contribution in [-0.2, 0) is 0 Å². The van der Waals surface area contributed by atoms with Gasteiger partial charge in [-0.1, -0.05) is 26.7 Å². The third-order valence-corrected chi connectivity index (χ3v) is 5.92. The van der Waals surface area contributed by atoms with Crippen molar-refractivity contribution in [3.8, 4) is 0 Å². The minimum Gasteiger partial charge on any atom is -0.252 e. The van der Waals surface area contributed by atoms with Gasteiger partial charge in [-0.05, 0) is 19.8 Å². The maximum absolute atomic E-state index is 10.2. The van der Waals surface area contributed by atoms with Gasteiger partial charge in [0.15, 0.2) is 0 Å². The summed E-state index contributed by atoms with van der Waals surface area (Å²) < 4.78 is 0. The minimum atomic E-state index is -1.48. The molecule has 2 heteroatoms. The van der Waals surface area contributed by atoms with Crippen molar-refractivity contribution in [3.05, 3.63) is 0 Å². The summed E-state index contributed by atoms with van der Waals surface area (Å²) in [5.41, 5.74) is 0. The standard InChI is InChI=1S/C10H24OP/c1-4-7-9-12(11,6-3)10-8-5-2/h11H,4-10H2,1-3H3/q+1. The molecule has 0 amide bonds. The van der Waals surface area contributed by atoms with Gasteiger partial charge in [-0.3, -0.25) is 4.89 Å². The summed E-state index contributed by atoms with van der Waals surface area (Å²) in [6.07, 6.45) is 8.07. The van der Waals surface area contributed by atoms with Gasteiger partial charge >= 0.3 is 0 Å². The zero-order chi connectivity index (χ0) is 9.45. The Bertz CT molecular complexity index is 96.0. The molecule has 0 saturated heterocycles. The second-order valence-electron chi connectivity index (χ2n) is 3.57. The Morgan fingerprint density at radius 1 is 0.917 bits per heavy atom. The van der Waals surface area contributed by atoms with E-state index in [4.69, 9.17) is 0 Å². The lowest BCUT2D eigenvalue weighted by molar-refractivity contribution is 0.588. The number of hydrogen-bond acceptors (Lipinski definition) is 1. The van der Waals surface area contributed by atoms with E-state index in [2.05, 4.69) is 20.8 Å². The van der Waals surface area contributed by atoms with Crippen LogP contribution >= 0.6 is 7.49 Å². The molecule has 0 aromatic rings. The summed E-state index contributed by atoms with van der Waals surface area (Å²) >= 11 is 0. The van der Waals surface area contributed by atoms with Gasteiger partial charge in [0.25, 0.3) is 0 Å². The molecule has 0 aliphatic carbocycles. The van der Waals surface area contributed by atoms with E-state index >= 15 is 0 Å². The summed E-state index contributed by atoms with van der Waals surface area (Å²) in [7, 11) is -1.48. The Morgan fingerprint density at radius 3 is 1.58 bits per heavy atom. The first kappa shape index (κ1) is 12.4. The molecule has 0 bridgehead atoms. The number of hydrogen-bond donors (Lipinski definition) is 1. The molecule has 0 aromatic carbocycles. The zero-order valence-electron chi connectivity index (χ0n) is 8.84. The first-order valence-corrected chi connectivity index (χ1v) is 7.57. The molecular formula is C10H24OP+. The van der Waals surface area contributed by atoms with E-state index in [1.54, 1.807) is 0 Å². The van der Waals surface area contributed by atoms with Crippen LogP contribution in [0.5, 0.6) is 0 Å². The zero-order valence-corrected chi connectivity index (χ0v) is 9.74. The number of rotatable bonds is 7. The molecule has 0 aromatic heterocycles. The third kappa shape index (κ3) is 5.11. The first-order chi connectivity index (χ1) is 5.68. The van der Waals surface area contributed by atoms with Gasteiger partial charge in [0, 0.05) is 0 Å². The summed E-state index contributed by atoms with van der Waals surface area (Å²) in [5, 5.41) is 0. The molecule has 0 aliphatic heterocycles. The van der Waals surface area contributed by atoms with Crippen molar-refractivity contribution in [2.75, 3.05) is 18.5 Å². The maximum atomic E-state index is 10.2. The average Bonchev–Trinajstić information content (AvgIpc) is 2.11. The highest BCUT2D eigenvalue weighted by atomic mass is 31.2. The predicted octanol–water partition coefficient (Wildman–Crippen LogP) is 3.53. The fourth-order valence-electron chi connectivity index (χ4n) is 1.33. The van der Waals surface area contributed by atoms with Crippen LogP contribution in [0, 0.1) is 0 Å². The molecule has 0 fully saturated rings. The SMILES string of the molecule is CCCC[P+](O)(CC)CCCC. The normalized spacial score (nSPS) is 12.0. The summed E-state index contributed by atoms with van der Waals surface area (Å²) in [4.78, 5) is 10.2. The molecule has 0 aliphatic rings. The van der Waals surface area contributed by atoms with E-state index in [9.17, 15) is 4.89 Å². The van der Waals surface area contributed by atoms with Gasteiger partial charge in [0.2, 0.25) is 0 Å². The van der Waals surface area contributed by atoms with E-state index in [0.717, 1.165) is 18.5 Å². The van der Waals surface area contributed by atoms with Crippen LogP contribution in [0.2, 0.25) is 0 Å². The maximum Gasteiger partial charge on any atom is 0.141 e. The molecule has 1 N–H and O–H groups in total. The highest BCUT2D eigenvalue weighted by molar-refractivity contribution is 7.70. The second kappa shape index (κ2) is 6.86. The number of unbranched alkanes of at least 4 members (excludes halogenated alkanes) is 2. The van der Waals surface area contributed by atoms with Gasteiger partial charge in [-0.15, -0.1) is 0 Å². The molecule has 0 unspecified atom stereocenters. The Balaban J connectivity index is 3.70. The first-order valence-electron chi connectivity index (χ1n) is 5.27. The molecule has 0 saturated carbocycles. The van der Waals surface area contributed by atoms with Gasteiger partial charge in [-0.25, -0.2) is 0 Å². The Kier molecular flexibility index (Phi) is 7.08. The van der Waals surface area contributed by atoms with Crippen molar-refractivity contribution in [2.24, 2.45) is 0 Å². The van der Waals surface area contributed by atoms with Crippen LogP contribution in [0.1, 0.15) is 46.5 Å². The van der Waals surface area contributed by atoms with E-state index < -0.39 is 7.49 Å². The van der Waals surface area contributed by atoms with Crippen LogP contribution in [0.15, 0.2) is 0 Å². The van der Waals surface area contributed by atoms with Crippen molar-refractivity contribution in [2.45, 2.75) is 46.5 Å². The lowest BCUT2D eigenvalue weighted by atomic mass is 10.4. The monoisotopic (exact) mass is 191 g/mol. The molecule has 1 nitrogen and oxygen atoms in total. The molecule has 12 heavy (non-hydrogen) atoms. The van der Waals surface area contributed by atoms with E-state index in [0.29, 0.717) is 0 Å². The van der Waals surface area contributed by atoms with Crippen molar-refractivity contribution in [1.29, 1.82) is 0 Å². The predicted molar refractivity (Wildman–Crippen MR) is 59.2 cm³/mol. The van der Waals surface area contributed by atoms with Gasteiger partial charge in [0.1, 0.15) is 7.49 Å². The van der Waals surface area contributed by atoms with Crippen molar-refractivity contribution in [3.63, 3.8) is 0 Å². The van der Waals surface area contributed by atoms with Gasteiger partial charge in [-0.2, -0.15) is 0 Å². The van der Waals surface area contributed by atoms with E-state index in [1.807, 2.05) is 0 Å². The molecule has 0 spiro atoms. The Morgan fingerprint density at radius 2 is 1.33 bits per heavy atom. The van der Waals surface area contributed by atoms with Gasteiger partial charge in [0.05, 0.1) is 18.5 Å². The smallest absolute Gasteiger partial charge is 0.141 e. The summed E-state index contributed by atoms with van der Waals surface area (Å²) in [6.45, 7) is 6.53. The lowest BCUT2D eigenvalue weighted by Gasteiger charge is -2.17. The fraction of sp³-hybridized carbons (Fsp3) is 1.00. The van der Waals surface area contributed by atoms with Crippen LogP contribution in [0.25, 0.3) is 0 Å². The summed E-state index contributed by atoms with van der Waals surface area (Å²) in [5.74, 6) is 0. The van der Waals surface area contributed by atoms with Crippen LogP contribution < -0.4 is 0 Å².